The van der Waals surface area contributed by atoms with Gasteiger partial charge in [-0.1, -0.05) is 13.8 Å². The summed E-state index contributed by atoms with van der Waals surface area (Å²) >= 11 is 0. The maximum atomic E-state index is 11.4. The topological polar surface area (TPSA) is 62.7 Å². The number of hydrogen-bond acceptors (Lipinski definition) is 3. The first-order chi connectivity index (χ1) is 9.45. The molecule has 0 aromatic heterocycles. The van der Waals surface area contributed by atoms with Crippen LogP contribution in [0, 0.1) is 5.92 Å². The molecule has 0 aliphatic rings. The summed E-state index contributed by atoms with van der Waals surface area (Å²) in [5, 5.41) is 6.32. The third-order valence-electron chi connectivity index (χ3n) is 2.54. The van der Waals surface area contributed by atoms with Crippen LogP contribution in [0.15, 0.2) is 4.99 Å². The van der Waals surface area contributed by atoms with Crippen molar-refractivity contribution in [2.24, 2.45) is 10.9 Å². The van der Waals surface area contributed by atoms with E-state index < -0.39 is 0 Å². The summed E-state index contributed by atoms with van der Waals surface area (Å²) in [5.74, 6) is 1.31. The lowest BCUT2D eigenvalue weighted by atomic mass is 10.1. The normalized spacial score (nSPS) is 11.3. The molecule has 0 saturated heterocycles. The summed E-state index contributed by atoms with van der Waals surface area (Å²) in [6, 6.07) is 0. The Morgan fingerprint density at radius 2 is 1.86 bits per heavy atom. The lowest BCUT2D eigenvalue weighted by molar-refractivity contribution is -0.147. The SMILES string of the molecule is CCNC(=NCCCC(C)C)NCCC(=O)OC(C)C.I. The van der Waals surface area contributed by atoms with Crippen molar-refractivity contribution in [1.82, 2.24) is 10.6 Å². The molecular weight excluding hydrogens is 381 g/mol. The van der Waals surface area contributed by atoms with E-state index in [4.69, 9.17) is 4.74 Å². The number of carbonyl (C=O) groups excluding carboxylic acids is 1. The quantitative estimate of drug-likeness (QED) is 0.201. The van der Waals surface area contributed by atoms with Crippen LogP contribution in [0.3, 0.4) is 0 Å². The second-order valence-corrected chi connectivity index (χ2v) is 5.51. The van der Waals surface area contributed by atoms with E-state index >= 15 is 0 Å². The van der Waals surface area contributed by atoms with Gasteiger partial charge in [0.15, 0.2) is 5.96 Å². The zero-order valence-corrected chi connectivity index (χ0v) is 16.4. The van der Waals surface area contributed by atoms with Gasteiger partial charge in [-0.2, -0.15) is 0 Å². The lowest BCUT2D eigenvalue weighted by Crippen LogP contribution is -2.38. The minimum absolute atomic E-state index is 0. The number of guanidine groups is 1. The third-order valence-corrected chi connectivity index (χ3v) is 2.54. The highest BCUT2D eigenvalue weighted by Crippen LogP contribution is 2.02. The molecule has 0 aromatic rings. The van der Waals surface area contributed by atoms with Gasteiger partial charge in [0.05, 0.1) is 12.5 Å². The van der Waals surface area contributed by atoms with Gasteiger partial charge in [-0.25, -0.2) is 0 Å². The fraction of sp³-hybridized carbons (Fsp3) is 0.867. The molecule has 21 heavy (non-hydrogen) atoms. The van der Waals surface area contributed by atoms with E-state index in [2.05, 4.69) is 29.5 Å². The van der Waals surface area contributed by atoms with Crippen molar-refractivity contribution in [1.29, 1.82) is 0 Å². The molecule has 5 nitrogen and oxygen atoms in total. The first-order valence-electron chi connectivity index (χ1n) is 7.67. The first-order valence-corrected chi connectivity index (χ1v) is 7.67. The molecular formula is C15H32IN3O2. The Hall–Kier alpha value is -0.530. The van der Waals surface area contributed by atoms with Crippen molar-refractivity contribution in [3.8, 4) is 0 Å². The van der Waals surface area contributed by atoms with Crippen molar-refractivity contribution in [2.45, 2.75) is 60.0 Å². The summed E-state index contributed by atoms with van der Waals surface area (Å²) in [7, 11) is 0. The highest BCUT2D eigenvalue weighted by Gasteiger charge is 2.05. The van der Waals surface area contributed by atoms with Crippen LogP contribution in [0.5, 0.6) is 0 Å². The molecule has 0 bridgehead atoms. The number of hydrogen-bond donors (Lipinski definition) is 2. The number of rotatable bonds is 9. The van der Waals surface area contributed by atoms with Gasteiger partial charge in [-0.15, -0.1) is 24.0 Å². The van der Waals surface area contributed by atoms with Gasteiger partial charge in [-0.05, 0) is 39.5 Å². The highest BCUT2D eigenvalue weighted by atomic mass is 127. The van der Waals surface area contributed by atoms with Crippen LogP contribution in [0.1, 0.15) is 53.9 Å². The van der Waals surface area contributed by atoms with Gasteiger partial charge in [0.25, 0.3) is 0 Å². The summed E-state index contributed by atoms with van der Waals surface area (Å²) in [4.78, 5) is 15.9. The maximum Gasteiger partial charge on any atom is 0.307 e. The van der Waals surface area contributed by atoms with Crippen molar-refractivity contribution in [2.75, 3.05) is 19.6 Å². The minimum Gasteiger partial charge on any atom is -0.463 e. The number of esters is 1. The maximum absolute atomic E-state index is 11.4. The van der Waals surface area contributed by atoms with Gasteiger partial charge < -0.3 is 15.4 Å². The molecule has 2 N–H and O–H groups in total. The molecule has 0 aromatic carbocycles. The predicted molar refractivity (Wildman–Crippen MR) is 99.3 cm³/mol. The predicted octanol–water partition coefficient (Wildman–Crippen LogP) is 2.94. The molecule has 6 heteroatoms. The molecule has 0 amide bonds. The van der Waals surface area contributed by atoms with Crippen molar-refractivity contribution < 1.29 is 9.53 Å². The first kappa shape index (κ1) is 22.7. The van der Waals surface area contributed by atoms with Gasteiger partial charge in [0.2, 0.25) is 0 Å². The highest BCUT2D eigenvalue weighted by molar-refractivity contribution is 14.0. The molecule has 0 heterocycles. The van der Waals surface area contributed by atoms with Crippen molar-refractivity contribution in [3.05, 3.63) is 0 Å². The Morgan fingerprint density at radius 1 is 1.19 bits per heavy atom. The van der Waals surface area contributed by atoms with E-state index in [1.54, 1.807) is 0 Å². The van der Waals surface area contributed by atoms with Gasteiger partial charge in [0, 0.05) is 19.6 Å². The van der Waals surface area contributed by atoms with Crippen LogP contribution in [0.25, 0.3) is 0 Å². The minimum atomic E-state index is -0.178. The Labute approximate surface area is 146 Å². The number of nitrogens with one attached hydrogen (secondary N) is 2. The zero-order chi connectivity index (χ0) is 15.4. The van der Waals surface area contributed by atoms with Gasteiger partial charge in [-0.3, -0.25) is 9.79 Å². The number of halogens is 1. The molecule has 0 radical (unpaired) electrons. The number of carbonyl (C=O) groups is 1. The number of nitrogens with zero attached hydrogens (tertiary/aromatic N) is 1. The Bertz CT molecular complexity index is 295. The average molecular weight is 413 g/mol. The zero-order valence-electron chi connectivity index (χ0n) is 14.1. The summed E-state index contributed by atoms with van der Waals surface area (Å²) in [6.45, 7) is 12.3. The molecule has 0 atom stereocenters. The van der Waals surface area contributed by atoms with Crippen LogP contribution in [0.2, 0.25) is 0 Å². The number of ether oxygens (including phenoxy) is 1. The van der Waals surface area contributed by atoms with Gasteiger partial charge >= 0.3 is 5.97 Å². The van der Waals surface area contributed by atoms with E-state index in [1.807, 2.05) is 20.8 Å². The van der Waals surface area contributed by atoms with Crippen LogP contribution in [-0.4, -0.2) is 37.7 Å². The second-order valence-electron chi connectivity index (χ2n) is 5.51. The van der Waals surface area contributed by atoms with Crippen LogP contribution in [0.4, 0.5) is 0 Å². The monoisotopic (exact) mass is 413 g/mol. The third kappa shape index (κ3) is 15.7. The number of aliphatic imine (C=N–C) groups is 1. The van der Waals surface area contributed by atoms with E-state index in [0.717, 1.165) is 25.5 Å². The van der Waals surface area contributed by atoms with E-state index in [-0.39, 0.29) is 36.0 Å². The van der Waals surface area contributed by atoms with Gasteiger partial charge in [0.1, 0.15) is 0 Å². The molecule has 126 valence electrons. The summed E-state index contributed by atoms with van der Waals surface area (Å²) in [5.41, 5.74) is 0. The Balaban J connectivity index is 0. The summed E-state index contributed by atoms with van der Waals surface area (Å²) < 4.78 is 5.08. The van der Waals surface area contributed by atoms with Crippen molar-refractivity contribution in [3.63, 3.8) is 0 Å². The van der Waals surface area contributed by atoms with E-state index in [9.17, 15) is 4.79 Å². The fourth-order valence-electron chi connectivity index (χ4n) is 1.64. The molecule has 0 aliphatic heterocycles. The van der Waals surface area contributed by atoms with Crippen LogP contribution >= 0.6 is 24.0 Å². The largest absolute Gasteiger partial charge is 0.463 e. The molecule has 0 aliphatic carbocycles. The second kappa shape index (κ2) is 14.4. The fourth-order valence-corrected chi connectivity index (χ4v) is 1.64. The Kier molecular flexibility index (Phi) is 15.6. The average Bonchev–Trinajstić information content (AvgIpc) is 2.33. The van der Waals surface area contributed by atoms with Crippen LogP contribution < -0.4 is 10.6 Å². The van der Waals surface area contributed by atoms with Crippen LogP contribution in [-0.2, 0) is 9.53 Å². The van der Waals surface area contributed by atoms with E-state index in [0.29, 0.717) is 18.9 Å². The molecule has 0 spiro atoms. The smallest absolute Gasteiger partial charge is 0.307 e. The molecule has 0 rings (SSSR count). The van der Waals surface area contributed by atoms with E-state index in [1.165, 1.54) is 6.42 Å². The Morgan fingerprint density at radius 3 is 2.38 bits per heavy atom. The summed E-state index contributed by atoms with van der Waals surface area (Å²) in [6.07, 6.45) is 2.57. The molecule has 0 fully saturated rings. The van der Waals surface area contributed by atoms with Crippen molar-refractivity contribution >= 4 is 35.9 Å². The standard InChI is InChI=1S/C15H31N3O2.HI/c1-6-16-15(17-10-7-8-12(2)3)18-11-9-14(19)20-13(4)5;/h12-13H,6-11H2,1-5H3,(H2,16,17,18);1H. The molecule has 0 saturated carbocycles. The molecule has 0 unspecified atom stereocenters. The lowest BCUT2D eigenvalue weighted by Gasteiger charge is -2.12.